The van der Waals surface area contributed by atoms with Gasteiger partial charge in [0.1, 0.15) is 5.82 Å². The first-order valence-electron chi connectivity index (χ1n) is 10.1. The van der Waals surface area contributed by atoms with Gasteiger partial charge in [-0.1, -0.05) is 18.2 Å². The van der Waals surface area contributed by atoms with E-state index < -0.39 is 10.0 Å². The quantitative estimate of drug-likeness (QED) is 0.681. The third kappa shape index (κ3) is 5.29. The molecule has 0 bridgehead atoms. The third-order valence-corrected chi connectivity index (χ3v) is 7.23. The number of sulfonamides is 1. The zero-order chi connectivity index (χ0) is 22.6. The lowest BCUT2D eigenvalue weighted by Crippen LogP contribution is -2.49. The van der Waals surface area contributed by atoms with Gasteiger partial charge in [-0.3, -0.25) is 9.59 Å². The van der Waals surface area contributed by atoms with E-state index in [9.17, 15) is 22.4 Å². The number of halogens is 1. The zero-order valence-electron chi connectivity index (χ0n) is 17.6. The molecule has 0 aromatic heterocycles. The van der Waals surface area contributed by atoms with Gasteiger partial charge in [-0.2, -0.15) is 4.31 Å². The van der Waals surface area contributed by atoms with Gasteiger partial charge in [0, 0.05) is 51.8 Å². The molecule has 0 N–H and O–H groups in total. The summed E-state index contributed by atoms with van der Waals surface area (Å²) in [7, 11) is -3.79. The van der Waals surface area contributed by atoms with Crippen molar-refractivity contribution >= 4 is 21.8 Å². The molecule has 3 rings (SSSR count). The Bertz CT molecular complexity index is 1070. The van der Waals surface area contributed by atoms with E-state index in [2.05, 4.69) is 0 Å². The molecule has 0 aliphatic carbocycles. The smallest absolute Gasteiger partial charge is 0.254 e. The number of nitrogens with zero attached hydrogens (tertiary/aromatic N) is 3. The van der Waals surface area contributed by atoms with Crippen LogP contribution in [-0.4, -0.2) is 67.1 Å². The summed E-state index contributed by atoms with van der Waals surface area (Å²) in [6.45, 7) is 4.97. The average molecular weight is 448 g/mol. The highest BCUT2D eigenvalue weighted by Gasteiger charge is 2.30. The van der Waals surface area contributed by atoms with Gasteiger partial charge in [0.25, 0.3) is 5.91 Å². The molecule has 166 valence electrons. The van der Waals surface area contributed by atoms with Crippen LogP contribution in [0.5, 0.6) is 0 Å². The van der Waals surface area contributed by atoms with Crippen molar-refractivity contribution in [1.82, 2.24) is 14.1 Å². The number of carbonyl (C=O) groups excluding carboxylic acids is 2. The number of rotatable bonds is 6. The van der Waals surface area contributed by atoms with Gasteiger partial charge in [0.2, 0.25) is 15.9 Å². The fourth-order valence-corrected chi connectivity index (χ4v) is 5.02. The number of hydrogen-bond donors (Lipinski definition) is 0. The molecule has 0 atom stereocenters. The molecule has 0 radical (unpaired) electrons. The average Bonchev–Trinajstić information content (AvgIpc) is 2.77. The van der Waals surface area contributed by atoms with Crippen LogP contribution < -0.4 is 0 Å². The molecule has 0 unspecified atom stereocenters. The molecule has 1 heterocycles. The van der Waals surface area contributed by atoms with Crippen LogP contribution in [0.1, 0.15) is 29.8 Å². The van der Waals surface area contributed by atoms with E-state index in [1.807, 2.05) is 6.92 Å². The molecule has 1 fully saturated rings. The van der Waals surface area contributed by atoms with Crippen molar-refractivity contribution in [2.24, 2.45) is 0 Å². The summed E-state index contributed by atoms with van der Waals surface area (Å²) in [5.41, 5.74) is 0.906. The highest BCUT2D eigenvalue weighted by molar-refractivity contribution is 7.89. The molecule has 2 amide bonds. The van der Waals surface area contributed by atoms with Crippen molar-refractivity contribution in [3.8, 4) is 0 Å². The van der Waals surface area contributed by atoms with Crippen LogP contribution in [0.2, 0.25) is 0 Å². The Morgan fingerprint density at radius 1 is 1.03 bits per heavy atom. The van der Waals surface area contributed by atoms with Crippen LogP contribution >= 0.6 is 0 Å². The molecule has 7 nitrogen and oxygen atoms in total. The molecule has 1 aliphatic rings. The Labute approximate surface area is 182 Å². The number of amides is 2. The van der Waals surface area contributed by atoms with Crippen molar-refractivity contribution in [3.05, 3.63) is 65.5 Å². The Morgan fingerprint density at radius 2 is 1.71 bits per heavy atom. The second-order valence-electron chi connectivity index (χ2n) is 7.39. The minimum atomic E-state index is -3.79. The first kappa shape index (κ1) is 22.9. The Balaban J connectivity index is 1.78. The van der Waals surface area contributed by atoms with Crippen LogP contribution in [0.4, 0.5) is 4.39 Å². The summed E-state index contributed by atoms with van der Waals surface area (Å²) in [4.78, 5) is 27.7. The van der Waals surface area contributed by atoms with E-state index in [1.165, 1.54) is 40.4 Å². The molecule has 1 aliphatic heterocycles. The van der Waals surface area contributed by atoms with Crippen LogP contribution in [0.15, 0.2) is 53.4 Å². The second kappa shape index (κ2) is 9.57. The molecule has 0 spiro atoms. The van der Waals surface area contributed by atoms with Crippen LogP contribution in [0.25, 0.3) is 0 Å². The van der Waals surface area contributed by atoms with E-state index >= 15 is 0 Å². The highest BCUT2D eigenvalue weighted by atomic mass is 32.2. The standard InChI is InChI=1S/C22H26FN3O4S/c1-3-24(16-18-6-4-8-20(23)14-18)22(28)19-7-5-9-21(15-19)31(29,30)26-12-10-25(11-13-26)17(2)27/h4-9,14-15H,3,10-13,16H2,1-2H3. The van der Waals surface area contributed by atoms with E-state index in [4.69, 9.17) is 0 Å². The third-order valence-electron chi connectivity index (χ3n) is 5.33. The van der Waals surface area contributed by atoms with Crippen molar-refractivity contribution < 1.29 is 22.4 Å². The van der Waals surface area contributed by atoms with Crippen molar-refractivity contribution in [3.63, 3.8) is 0 Å². The number of piperazine rings is 1. The lowest BCUT2D eigenvalue weighted by atomic mass is 10.1. The fourth-order valence-electron chi connectivity index (χ4n) is 3.55. The summed E-state index contributed by atoms with van der Waals surface area (Å²) < 4.78 is 40.9. The maximum absolute atomic E-state index is 13.5. The number of benzene rings is 2. The monoisotopic (exact) mass is 447 g/mol. The minimum Gasteiger partial charge on any atom is -0.340 e. The second-order valence-corrected chi connectivity index (χ2v) is 9.33. The summed E-state index contributed by atoms with van der Waals surface area (Å²) in [5.74, 6) is -0.785. The van der Waals surface area contributed by atoms with Gasteiger partial charge in [0.05, 0.1) is 4.90 Å². The van der Waals surface area contributed by atoms with E-state index in [-0.39, 0.29) is 47.7 Å². The molecule has 31 heavy (non-hydrogen) atoms. The fraction of sp³-hybridized carbons (Fsp3) is 0.364. The van der Waals surface area contributed by atoms with Gasteiger partial charge >= 0.3 is 0 Å². The van der Waals surface area contributed by atoms with Gasteiger partial charge in [-0.15, -0.1) is 0 Å². The van der Waals surface area contributed by atoms with E-state index in [1.54, 1.807) is 29.2 Å². The van der Waals surface area contributed by atoms with Gasteiger partial charge in [0.15, 0.2) is 0 Å². The topological polar surface area (TPSA) is 78.0 Å². The van der Waals surface area contributed by atoms with Crippen LogP contribution in [0, 0.1) is 5.82 Å². The molecule has 2 aromatic carbocycles. The molecule has 2 aromatic rings. The van der Waals surface area contributed by atoms with Crippen molar-refractivity contribution in [1.29, 1.82) is 0 Å². The van der Waals surface area contributed by atoms with Crippen LogP contribution in [0.3, 0.4) is 0 Å². The summed E-state index contributed by atoms with van der Waals surface area (Å²) in [6.07, 6.45) is 0. The van der Waals surface area contributed by atoms with E-state index in [0.29, 0.717) is 25.2 Å². The number of carbonyl (C=O) groups is 2. The Morgan fingerprint density at radius 3 is 2.32 bits per heavy atom. The van der Waals surface area contributed by atoms with Crippen LogP contribution in [-0.2, 0) is 21.4 Å². The predicted molar refractivity (Wildman–Crippen MR) is 114 cm³/mol. The SMILES string of the molecule is CCN(Cc1cccc(F)c1)C(=O)c1cccc(S(=O)(=O)N2CCN(C(C)=O)CC2)c1. The summed E-state index contributed by atoms with van der Waals surface area (Å²) in [6, 6.07) is 12.0. The normalized spacial score (nSPS) is 15.0. The van der Waals surface area contributed by atoms with Crippen molar-refractivity contribution in [2.75, 3.05) is 32.7 Å². The van der Waals surface area contributed by atoms with Crippen molar-refractivity contribution in [2.45, 2.75) is 25.3 Å². The lowest BCUT2D eigenvalue weighted by Gasteiger charge is -2.33. The molecular weight excluding hydrogens is 421 g/mol. The van der Waals surface area contributed by atoms with E-state index in [0.717, 1.165) is 0 Å². The maximum Gasteiger partial charge on any atom is 0.254 e. The Hall–Kier alpha value is -2.78. The van der Waals surface area contributed by atoms with Gasteiger partial charge in [-0.05, 0) is 42.8 Å². The van der Waals surface area contributed by atoms with Gasteiger partial charge in [-0.25, -0.2) is 12.8 Å². The highest BCUT2D eigenvalue weighted by Crippen LogP contribution is 2.20. The summed E-state index contributed by atoms with van der Waals surface area (Å²) >= 11 is 0. The largest absolute Gasteiger partial charge is 0.340 e. The molecule has 9 heteroatoms. The number of hydrogen-bond acceptors (Lipinski definition) is 4. The molecular formula is C22H26FN3O4S. The summed E-state index contributed by atoms with van der Waals surface area (Å²) in [5, 5.41) is 0. The first-order valence-corrected chi connectivity index (χ1v) is 11.6. The molecule has 0 saturated carbocycles. The zero-order valence-corrected chi connectivity index (χ0v) is 18.4. The van der Waals surface area contributed by atoms with Gasteiger partial charge < -0.3 is 9.80 Å². The molecule has 1 saturated heterocycles. The Kier molecular flexibility index (Phi) is 7.07. The minimum absolute atomic E-state index is 0.0384. The predicted octanol–water partition coefficient (Wildman–Crippen LogP) is 2.34. The lowest BCUT2D eigenvalue weighted by molar-refractivity contribution is -0.129. The maximum atomic E-state index is 13.5. The first-order chi connectivity index (χ1) is 14.7.